The first-order chi connectivity index (χ1) is 13.9. The van der Waals surface area contributed by atoms with E-state index in [-0.39, 0.29) is 15.9 Å². The molecule has 0 bridgehead atoms. The Morgan fingerprint density at radius 2 is 1.93 bits per heavy atom. The van der Waals surface area contributed by atoms with Crippen LogP contribution in [0.5, 0.6) is 0 Å². The molecule has 29 heavy (non-hydrogen) atoms. The number of fused-ring (bicyclic) bond motifs is 1. The molecule has 4 rings (SSSR count). The Kier molecular flexibility index (Phi) is 5.10. The summed E-state index contributed by atoms with van der Waals surface area (Å²) in [5, 5.41) is 8.91. The summed E-state index contributed by atoms with van der Waals surface area (Å²) >= 11 is 1.18. The van der Waals surface area contributed by atoms with Crippen LogP contribution < -0.4 is 9.62 Å². The minimum atomic E-state index is -3.80. The molecule has 2 heterocycles. The number of carbonyl (C=O) groups excluding carboxylic acids is 1. The molecule has 1 N–H and O–H groups in total. The number of anilines is 2. The molecule has 3 aromatic rings. The number of aryl methyl sites for hydroxylation is 1. The number of nitrogens with one attached hydrogen (secondary N) is 1. The van der Waals surface area contributed by atoms with Gasteiger partial charge in [0.25, 0.3) is 10.0 Å². The monoisotopic (exact) mass is 428 g/mol. The maximum atomic E-state index is 12.8. The van der Waals surface area contributed by atoms with Gasteiger partial charge in [0.1, 0.15) is 5.01 Å². The second kappa shape index (κ2) is 7.57. The number of benzene rings is 2. The number of rotatable bonds is 5. The molecule has 150 valence electrons. The van der Waals surface area contributed by atoms with Crippen molar-refractivity contribution in [1.82, 2.24) is 10.2 Å². The van der Waals surface area contributed by atoms with Crippen LogP contribution in [0.4, 0.5) is 10.8 Å². The fourth-order valence-electron chi connectivity index (χ4n) is 3.25. The third-order valence-corrected chi connectivity index (χ3v) is 7.16. The predicted molar refractivity (Wildman–Crippen MR) is 114 cm³/mol. The van der Waals surface area contributed by atoms with Crippen molar-refractivity contribution >= 4 is 38.1 Å². The highest BCUT2D eigenvalue weighted by molar-refractivity contribution is 7.93. The third kappa shape index (κ3) is 3.88. The summed E-state index contributed by atoms with van der Waals surface area (Å²) in [4.78, 5) is 13.9. The lowest BCUT2D eigenvalue weighted by molar-refractivity contribution is -0.118. The molecule has 7 nitrogen and oxygen atoms in total. The largest absolute Gasteiger partial charge is 0.312 e. The molecule has 1 aromatic heterocycles. The first-order valence-corrected chi connectivity index (χ1v) is 11.5. The van der Waals surface area contributed by atoms with E-state index in [1.165, 1.54) is 17.4 Å². The maximum absolute atomic E-state index is 12.8. The fraction of sp³-hybridized carbons (Fsp3) is 0.250. The van der Waals surface area contributed by atoms with Gasteiger partial charge < -0.3 is 4.90 Å². The molecule has 0 atom stereocenters. The Morgan fingerprint density at radius 3 is 2.66 bits per heavy atom. The van der Waals surface area contributed by atoms with Gasteiger partial charge in [-0.05, 0) is 37.1 Å². The van der Waals surface area contributed by atoms with Crippen LogP contribution in [0, 0.1) is 6.92 Å². The zero-order valence-corrected chi connectivity index (χ0v) is 17.7. The molecule has 0 saturated heterocycles. The number of hydrogen-bond donors (Lipinski definition) is 1. The average Bonchev–Trinajstić information content (AvgIpc) is 3.34. The molecule has 1 aliphatic heterocycles. The second-order valence-electron chi connectivity index (χ2n) is 6.82. The maximum Gasteiger partial charge on any atom is 0.263 e. The van der Waals surface area contributed by atoms with Crippen molar-refractivity contribution < 1.29 is 13.2 Å². The van der Waals surface area contributed by atoms with Crippen LogP contribution in [0.25, 0.3) is 10.6 Å². The first-order valence-electron chi connectivity index (χ1n) is 9.24. The van der Waals surface area contributed by atoms with Gasteiger partial charge in [-0.2, -0.15) is 0 Å². The van der Waals surface area contributed by atoms with Crippen LogP contribution in [0.2, 0.25) is 0 Å². The number of nitrogens with zero attached hydrogens (tertiary/aromatic N) is 3. The highest BCUT2D eigenvalue weighted by atomic mass is 32.2. The van der Waals surface area contributed by atoms with Gasteiger partial charge in [-0.25, -0.2) is 8.42 Å². The summed E-state index contributed by atoms with van der Waals surface area (Å²) in [6.07, 6.45) is 1.06. The Morgan fingerprint density at radius 1 is 1.17 bits per heavy atom. The summed E-state index contributed by atoms with van der Waals surface area (Å²) in [6.45, 7) is 4.39. The highest BCUT2D eigenvalue weighted by Crippen LogP contribution is 2.32. The number of amides is 1. The quantitative estimate of drug-likeness (QED) is 0.670. The Balaban J connectivity index is 1.56. The van der Waals surface area contributed by atoms with Crippen molar-refractivity contribution in [3.63, 3.8) is 0 Å². The molecular formula is C20H20N4O3S2. The predicted octanol–water partition coefficient (Wildman–Crippen LogP) is 3.61. The average molecular weight is 429 g/mol. The standard InChI is InChI=1S/C20H20N4O3S2/c1-3-18(25)24-11-10-15-12-16(8-9-17(15)24)29(26,27)23-20-22-21-19(28-20)14-6-4-13(2)5-7-14/h4-9,12H,3,10-11H2,1-2H3,(H,22,23). The van der Waals surface area contributed by atoms with Crippen LogP contribution in [0.15, 0.2) is 47.4 Å². The van der Waals surface area contributed by atoms with Gasteiger partial charge >= 0.3 is 0 Å². The summed E-state index contributed by atoms with van der Waals surface area (Å²) in [7, 11) is -3.80. The van der Waals surface area contributed by atoms with Crippen LogP contribution in [0.1, 0.15) is 24.5 Å². The van der Waals surface area contributed by atoms with Gasteiger partial charge in [0, 0.05) is 24.2 Å². The van der Waals surface area contributed by atoms with E-state index >= 15 is 0 Å². The minimum absolute atomic E-state index is 0.0370. The summed E-state index contributed by atoms with van der Waals surface area (Å²) in [5.41, 5.74) is 3.66. The Labute approximate surface area is 173 Å². The molecule has 1 amide bonds. The summed E-state index contributed by atoms with van der Waals surface area (Å²) in [6, 6.07) is 12.6. The minimum Gasteiger partial charge on any atom is -0.312 e. The molecule has 0 unspecified atom stereocenters. The van der Waals surface area contributed by atoms with Gasteiger partial charge in [0.15, 0.2) is 0 Å². The molecule has 1 aliphatic rings. The van der Waals surface area contributed by atoms with Gasteiger partial charge in [0.2, 0.25) is 11.0 Å². The molecule has 0 spiro atoms. The van der Waals surface area contributed by atoms with Crippen LogP contribution >= 0.6 is 11.3 Å². The molecule has 0 fully saturated rings. The lowest BCUT2D eigenvalue weighted by Crippen LogP contribution is -2.27. The molecule has 2 aromatic carbocycles. The van der Waals surface area contributed by atoms with E-state index in [0.29, 0.717) is 24.4 Å². The SMILES string of the molecule is CCC(=O)N1CCc2cc(S(=O)(=O)Nc3nnc(-c4ccc(C)cc4)s3)ccc21. The molecule has 0 radical (unpaired) electrons. The zero-order chi connectivity index (χ0) is 20.6. The summed E-state index contributed by atoms with van der Waals surface area (Å²) < 4.78 is 28.1. The lowest BCUT2D eigenvalue weighted by atomic mass is 10.2. The summed E-state index contributed by atoms with van der Waals surface area (Å²) in [5.74, 6) is 0.0370. The number of sulfonamides is 1. The van der Waals surface area contributed by atoms with E-state index in [0.717, 1.165) is 22.4 Å². The molecule has 9 heteroatoms. The van der Waals surface area contributed by atoms with E-state index in [9.17, 15) is 13.2 Å². The Hall–Kier alpha value is -2.78. The van der Waals surface area contributed by atoms with Crippen molar-refractivity contribution in [3.05, 3.63) is 53.6 Å². The van der Waals surface area contributed by atoms with Crippen LogP contribution in [-0.4, -0.2) is 31.1 Å². The lowest BCUT2D eigenvalue weighted by Gasteiger charge is -2.16. The number of aromatic nitrogens is 2. The molecule has 0 aliphatic carbocycles. The van der Waals surface area contributed by atoms with Crippen molar-refractivity contribution in [2.75, 3.05) is 16.2 Å². The van der Waals surface area contributed by atoms with Gasteiger partial charge in [-0.1, -0.05) is 48.1 Å². The molecule has 0 saturated carbocycles. The normalized spacial score (nSPS) is 13.4. The number of carbonyl (C=O) groups is 1. The van der Waals surface area contributed by atoms with E-state index in [1.807, 2.05) is 38.1 Å². The van der Waals surface area contributed by atoms with Crippen molar-refractivity contribution in [3.8, 4) is 10.6 Å². The van der Waals surface area contributed by atoms with E-state index in [4.69, 9.17) is 0 Å². The van der Waals surface area contributed by atoms with Gasteiger partial charge in [-0.3, -0.25) is 9.52 Å². The van der Waals surface area contributed by atoms with Crippen LogP contribution in [-0.2, 0) is 21.2 Å². The Bertz CT molecular complexity index is 1170. The van der Waals surface area contributed by atoms with Crippen molar-refractivity contribution in [1.29, 1.82) is 0 Å². The van der Waals surface area contributed by atoms with Crippen LogP contribution in [0.3, 0.4) is 0 Å². The smallest absolute Gasteiger partial charge is 0.263 e. The van der Waals surface area contributed by atoms with E-state index in [1.54, 1.807) is 17.0 Å². The first kappa shape index (κ1) is 19.5. The number of hydrogen-bond acceptors (Lipinski definition) is 6. The van der Waals surface area contributed by atoms with Gasteiger partial charge in [-0.15, -0.1) is 10.2 Å². The van der Waals surface area contributed by atoms with Crippen molar-refractivity contribution in [2.45, 2.75) is 31.6 Å². The third-order valence-electron chi connectivity index (χ3n) is 4.81. The topological polar surface area (TPSA) is 92.3 Å². The zero-order valence-electron chi connectivity index (χ0n) is 16.0. The highest BCUT2D eigenvalue weighted by Gasteiger charge is 2.26. The fourth-order valence-corrected chi connectivity index (χ4v) is 5.28. The molecular weight excluding hydrogens is 408 g/mol. The van der Waals surface area contributed by atoms with E-state index in [2.05, 4.69) is 14.9 Å². The van der Waals surface area contributed by atoms with Gasteiger partial charge in [0.05, 0.1) is 4.90 Å². The van der Waals surface area contributed by atoms with Crippen molar-refractivity contribution in [2.24, 2.45) is 0 Å². The second-order valence-corrected chi connectivity index (χ2v) is 9.48. The van der Waals surface area contributed by atoms with E-state index < -0.39 is 10.0 Å².